The number of nitrogens with zero attached hydrogens (tertiary/aromatic N) is 1. The third-order valence-corrected chi connectivity index (χ3v) is 3.96. The van der Waals surface area contributed by atoms with Gasteiger partial charge >= 0.3 is 0 Å². The first-order valence-electron chi connectivity index (χ1n) is 8.15. The molecule has 4 N–H and O–H groups in total. The molecular weight excluding hydrogens is 342 g/mol. The molecule has 0 atom stereocenters. The molecule has 0 saturated carbocycles. The number of nitrogens with one attached hydrogen (secondary N) is 4. The van der Waals surface area contributed by atoms with Crippen LogP contribution < -0.4 is 16.0 Å². The van der Waals surface area contributed by atoms with Crippen molar-refractivity contribution in [2.75, 3.05) is 18.4 Å². The van der Waals surface area contributed by atoms with Gasteiger partial charge in [0.2, 0.25) is 0 Å². The van der Waals surface area contributed by atoms with E-state index in [4.69, 9.17) is 0 Å². The quantitative estimate of drug-likeness (QED) is 0.651. The molecule has 1 aromatic carbocycles. The summed E-state index contributed by atoms with van der Waals surface area (Å²) in [4.78, 5) is 24.3. The van der Waals surface area contributed by atoms with Crippen molar-refractivity contribution in [1.82, 2.24) is 20.8 Å². The second-order valence-electron chi connectivity index (χ2n) is 5.74. The molecule has 1 aliphatic heterocycles. The molecular formula is C17H22ClN5O2. The van der Waals surface area contributed by atoms with Crippen molar-refractivity contribution in [3.8, 4) is 0 Å². The van der Waals surface area contributed by atoms with Gasteiger partial charge in [0.25, 0.3) is 11.8 Å². The van der Waals surface area contributed by atoms with Gasteiger partial charge in [0.1, 0.15) is 0 Å². The fourth-order valence-corrected chi connectivity index (χ4v) is 2.65. The fraction of sp³-hybridized carbons (Fsp3) is 0.353. The van der Waals surface area contributed by atoms with Gasteiger partial charge in [-0.05, 0) is 30.7 Å². The van der Waals surface area contributed by atoms with E-state index in [9.17, 15) is 9.59 Å². The molecule has 0 aliphatic carbocycles. The van der Waals surface area contributed by atoms with Crippen LogP contribution in [0, 0.1) is 0 Å². The van der Waals surface area contributed by atoms with E-state index in [0.717, 1.165) is 30.6 Å². The average Bonchev–Trinajstić information content (AvgIpc) is 3.04. The van der Waals surface area contributed by atoms with Crippen LogP contribution in [0.5, 0.6) is 0 Å². The third-order valence-electron chi connectivity index (χ3n) is 3.96. The van der Waals surface area contributed by atoms with Crippen LogP contribution in [-0.4, -0.2) is 35.1 Å². The number of amides is 2. The maximum atomic E-state index is 12.4. The molecule has 0 saturated heterocycles. The van der Waals surface area contributed by atoms with Crippen molar-refractivity contribution >= 4 is 29.9 Å². The van der Waals surface area contributed by atoms with Crippen molar-refractivity contribution in [2.45, 2.75) is 26.3 Å². The molecule has 25 heavy (non-hydrogen) atoms. The van der Waals surface area contributed by atoms with Gasteiger partial charge in [0.15, 0.2) is 5.69 Å². The van der Waals surface area contributed by atoms with Gasteiger partial charge in [-0.2, -0.15) is 5.10 Å². The lowest BCUT2D eigenvalue weighted by molar-refractivity contribution is 0.0953. The van der Waals surface area contributed by atoms with Crippen LogP contribution in [0.4, 0.5) is 5.69 Å². The lowest BCUT2D eigenvalue weighted by Crippen LogP contribution is -2.25. The summed E-state index contributed by atoms with van der Waals surface area (Å²) in [5, 5.41) is 15.9. The number of aromatic nitrogens is 2. The van der Waals surface area contributed by atoms with Crippen molar-refractivity contribution in [2.24, 2.45) is 0 Å². The Balaban J connectivity index is 0.00000225. The second-order valence-corrected chi connectivity index (χ2v) is 5.74. The summed E-state index contributed by atoms with van der Waals surface area (Å²) >= 11 is 0. The van der Waals surface area contributed by atoms with Crippen LogP contribution in [0.15, 0.2) is 24.3 Å². The monoisotopic (exact) mass is 363 g/mol. The van der Waals surface area contributed by atoms with Crippen molar-refractivity contribution in [3.05, 3.63) is 46.8 Å². The molecule has 0 fully saturated rings. The first-order valence-corrected chi connectivity index (χ1v) is 8.15. The van der Waals surface area contributed by atoms with Crippen LogP contribution in [0.3, 0.4) is 0 Å². The van der Waals surface area contributed by atoms with E-state index >= 15 is 0 Å². The molecule has 1 aliphatic rings. The number of hydrogen-bond acceptors (Lipinski definition) is 4. The van der Waals surface area contributed by atoms with Crippen molar-refractivity contribution < 1.29 is 9.59 Å². The van der Waals surface area contributed by atoms with E-state index in [0.29, 0.717) is 30.0 Å². The number of carbonyl (C=O) groups is 2. The molecule has 2 amide bonds. The minimum atomic E-state index is -0.251. The highest BCUT2D eigenvalue weighted by Gasteiger charge is 2.21. The van der Waals surface area contributed by atoms with Gasteiger partial charge < -0.3 is 16.0 Å². The van der Waals surface area contributed by atoms with E-state index in [1.165, 1.54) is 0 Å². The highest BCUT2D eigenvalue weighted by Crippen LogP contribution is 2.17. The Labute approximate surface area is 152 Å². The van der Waals surface area contributed by atoms with Crippen LogP contribution in [0.25, 0.3) is 0 Å². The molecule has 1 aromatic heterocycles. The second kappa shape index (κ2) is 8.64. The highest BCUT2D eigenvalue weighted by atomic mass is 35.5. The SMILES string of the molecule is CCCNC(=O)c1ccc(NC(=O)c2n[nH]c3c2CNCC3)cc1.Cl. The number of fused-ring (bicyclic) bond motifs is 1. The molecule has 134 valence electrons. The highest BCUT2D eigenvalue weighted by molar-refractivity contribution is 6.04. The molecule has 7 nitrogen and oxygen atoms in total. The molecule has 0 bridgehead atoms. The third kappa shape index (κ3) is 4.37. The molecule has 0 spiro atoms. The van der Waals surface area contributed by atoms with Gasteiger partial charge in [-0.25, -0.2) is 0 Å². The summed E-state index contributed by atoms with van der Waals surface area (Å²) in [5.41, 5.74) is 3.56. The van der Waals surface area contributed by atoms with Crippen molar-refractivity contribution in [3.63, 3.8) is 0 Å². The zero-order valence-corrected chi connectivity index (χ0v) is 14.8. The van der Waals surface area contributed by atoms with E-state index < -0.39 is 0 Å². The van der Waals surface area contributed by atoms with Gasteiger partial charge in [-0.3, -0.25) is 14.7 Å². The zero-order valence-electron chi connectivity index (χ0n) is 14.0. The molecule has 0 radical (unpaired) electrons. The van der Waals surface area contributed by atoms with E-state index in [1.807, 2.05) is 6.92 Å². The Morgan fingerprint density at radius 3 is 2.68 bits per heavy atom. The number of benzene rings is 1. The number of anilines is 1. The summed E-state index contributed by atoms with van der Waals surface area (Å²) in [7, 11) is 0. The number of carbonyl (C=O) groups excluding carboxylic acids is 2. The normalized spacial score (nSPS) is 12.7. The van der Waals surface area contributed by atoms with Gasteiger partial charge in [0, 0.05) is 48.6 Å². The minimum Gasteiger partial charge on any atom is -0.352 e. The van der Waals surface area contributed by atoms with E-state index in [-0.39, 0.29) is 24.2 Å². The van der Waals surface area contributed by atoms with Crippen LogP contribution in [0.1, 0.15) is 45.4 Å². The Morgan fingerprint density at radius 1 is 1.20 bits per heavy atom. The number of aromatic amines is 1. The van der Waals surface area contributed by atoms with Crippen molar-refractivity contribution in [1.29, 1.82) is 0 Å². The zero-order chi connectivity index (χ0) is 16.9. The molecule has 2 heterocycles. The van der Waals surface area contributed by atoms with Crippen LogP contribution in [0.2, 0.25) is 0 Å². The summed E-state index contributed by atoms with van der Waals surface area (Å²) in [6.45, 7) is 4.18. The lowest BCUT2D eigenvalue weighted by atomic mass is 10.1. The smallest absolute Gasteiger partial charge is 0.276 e. The number of halogens is 1. The molecule has 2 aromatic rings. The molecule has 8 heteroatoms. The summed E-state index contributed by atoms with van der Waals surface area (Å²) in [5.74, 6) is -0.360. The first-order chi connectivity index (χ1) is 11.7. The molecule has 3 rings (SSSR count). The van der Waals surface area contributed by atoms with Crippen LogP contribution >= 0.6 is 12.4 Å². The minimum absolute atomic E-state index is 0. The van der Waals surface area contributed by atoms with Crippen LogP contribution in [-0.2, 0) is 13.0 Å². The largest absolute Gasteiger partial charge is 0.352 e. The fourth-order valence-electron chi connectivity index (χ4n) is 2.65. The summed E-state index contributed by atoms with van der Waals surface area (Å²) < 4.78 is 0. The lowest BCUT2D eigenvalue weighted by Gasteiger charge is -2.13. The Hall–Kier alpha value is -2.38. The number of H-pyrrole nitrogens is 1. The predicted octanol–water partition coefficient (Wildman–Crippen LogP) is 1.87. The number of hydrogen-bond donors (Lipinski definition) is 4. The predicted molar refractivity (Wildman–Crippen MR) is 98.3 cm³/mol. The summed E-state index contributed by atoms with van der Waals surface area (Å²) in [6.07, 6.45) is 1.74. The molecule has 0 unspecified atom stereocenters. The Morgan fingerprint density at radius 2 is 1.96 bits per heavy atom. The summed E-state index contributed by atoms with van der Waals surface area (Å²) in [6, 6.07) is 6.83. The maximum absolute atomic E-state index is 12.4. The Bertz CT molecular complexity index is 742. The van der Waals surface area contributed by atoms with E-state index in [1.54, 1.807) is 24.3 Å². The average molecular weight is 364 g/mol. The topological polar surface area (TPSA) is 98.9 Å². The van der Waals surface area contributed by atoms with E-state index in [2.05, 4.69) is 26.1 Å². The van der Waals surface area contributed by atoms with Gasteiger partial charge in [0.05, 0.1) is 0 Å². The van der Waals surface area contributed by atoms with Gasteiger partial charge in [-0.15, -0.1) is 12.4 Å². The Kier molecular flexibility index (Phi) is 6.55. The standard InChI is InChI=1S/C17H21N5O2.ClH/c1-2-8-19-16(23)11-3-5-12(6-4-11)20-17(24)15-13-10-18-9-7-14(13)21-22-15;/h3-6,18H,2,7-10H2,1H3,(H,19,23)(H,20,24)(H,21,22);1H. The number of rotatable bonds is 5. The van der Waals surface area contributed by atoms with Gasteiger partial charge in [-0.1, -0.05) is 6.92 Å². The first kappa shape index (κ1) is 19.0. The maximum Gasteiger partial charge on any atom is 0.276 e.